The molecule has 9 nitrogen and oxygen atoms in total. The Labute approximate surface area is 220 Å². The average Bonchev–Trinajstić information content (AvgIpc) is 3.49. The first-order valence-electron chi connectivity index (χ1n) is 11.8. The van der Waals surface area contributed by atoms with Gasteiger partial charge in [-0.25, -0.2) is 0 Å². The van der Waals surface area contributed by atoms with E-state index in [0.717, 1.165) is 46.1 Å². The molecule has 4 aromatic rings. The predicted octanol–water partition coefficient (Wildman–Crippen LogP) is 6.15. The molecule has 2 aromatic carbocycles. The zero-order chi connectivity index (χ0) is 26.5. The van der Waals surface area contributed by atoms with Gasteiger partial charge in [-0.15, -0.1) is 10.2 Å². The molecule has 0 saturated carbocycles. The van der Waals surface area contributed by atoms with Crippen molar-refractivity contribution in [1.29, 1.82) is 0 Å². The second kappa shape index (κ2) is 11.5. The second-order valence-corrected chi connectivity index (χ2v) is 8.88. The van der Waals surface area contributed by atoms with E-state index in [1.807, 2.05) is 26.0 Å². The van der Waals surface area contributed by atoms with Gasteiger partial charge in [0.05, 0.1) is 25.2 Å². The van der Waals surface area contributed by atoms with Crippen molar-refractivity contribution in [3.8, 4) is 11.6 Å². The van der Waals surface area contributed by atoms with Crippen LogP contribution in [0.15, 0.2) is 44.4 Å². The van der Waals surface area contributed by atoms with E-state index in [-0.39, 0.29) is 5.17 Å². The molecule has 4 rings (SSSR count). The highest BCUT2D eigenvalue weighted by molar-refractivity contribution is 6.69. The number of allylic oxidation sites excluding steroid dienone is 1. The van der Waals surface area contributed by atoms with Crippen molar-refractivity contribution in [3.63, 3.8) is 0 Å². The molecule has 194 valence electrons. The van der Waals surface area contributed by atoms with Gasteiger partial charge in [0.1, 0.15) is 12.9 Å². The summed E-state index contributed by atoms with van der Waals surface area (Å²) < 4.78 is 22.1. The standard InChI is InChI=1S/C27H29ClN4O5/c1-15-11-18(13-21(24(15)33-4)26(28)31-35-6)20(9-7-8-10-23-30-29-17(3)36-23)19-12-16(2)25-22(14-19)27(34-5)32-37-25/h9,11-14H,7-8,10H2,1-6H3/b20-9+,31-26?. The third-order valence-electron chi connectivity index (χ3n) is 5.92. The van der Waals surface area contributed by atoms with Gasteiger partial charge in [-0.2, -0.15) is 0 Å². The zero-order valence-corrected chi connectivity index (χ0v) is 22.5. The molecule has 0 aliphatic rings. The number of halogens is 1. The molecule has 0 saturated heterocycles. The lowest BCUT2D eigenvalue weighted by molar-refractivity contribution is 0.214. The fraction of sp³-hybridized carbons (Fsp3) is 0.333. The molecular formula is C27H29ClN4O5. The Morgan fingerprint density at radius 3 is 2.43 bits per heavy atom. The topological polar surface area (TPSA) is 105 Å². The molecule has 0 unspecified atom stereocenters. The quantitative estimate of drug-likeness (QED) is 0.138. The van der Waals surface area contributed by atoms with Crippen molar-refractivity contribution in [2.24, 2.45) is 5.16 Å². The van der Waals surface area contributed by atoms with Gasteiger partial charge in [0.25, 0.3) is 5.88 Å². The SMILES string of the molecule is CON=C(Cl)c1cc(/C(=C\CCCc2nnc(C)o2)c2cc(C)c3onc(OC)c3c2)cc(C)c1OC. The van der Waals surface area contributed by atoms with Crippen molar-refractivity contribution in [1.82, 2.24) is 15.4 Å². The number of hydrogen-bond donors (Lipinski definition) is 0. The third-order valence-corrected chi connectivity index (χ3v) is 6.20. The van der Waals surface area contributed by atoms with Gasteiger partial charge < -0.3 is 23.3 Å². The summed E-state index contributed by atoms with van der Waals surface area (Å²) >= 11 is 6.47. The number of rotatable bonds is 10. The van der Waals surface area contributed by atoms with Crippen LogP contribution in [-0.4, -0.2) is 41.9 Å². The van der Waals surface area contributed by atoms with E-state index >= 15 is 0 Å². The van der Waals surface area contributed by atoms with Crippen LogP contribution in [0.5, 0.6) is 11.6 Å². The minimum Gasteiger partial charge on any atom is -0.496 e. The highest BCUT2D eigenvalue weighted by atomic mass is 35.5. The largest absolute Gasteiger partial charge is 0.496 e. The summed E-state index contributed by atoms with van der Waals surface area (Å²) in [6.45, 7) is 5.74. The molecule has 2 heterocycles. The lowest BCUT2D eigenvalue weighted by atomic mass is 9.91. The van der Waals surface area contributed by atoms with Crippen LogP contribution in [0.3, 0.4) is 0 Å². The average molecular weight is 525 g/mol. The number of aryl methyl sites for hydroxylation is 4. The van der Waals surface area contributed by atoms with Crippen molar-refractivity contribution in [2.45, 2.75) is 40.0 Å². The Morgan fingerprint density at radius 1 is 1.00 bits per heavy atom. The number of hydrogen-bond acceptors (Lipinski definition) is 9. The molecule has 0 amide bonds. The minimum absolute atomic E-state index is 0.197. The van der Waals surface area contributed by atoms with Crippen LogP contribution < -0.4 is 9.47 Å². The summed E-state index contributed by atoms with van der Waals surface area (Å²) in [4.78, 5) is 4.92. The number of ether oxygens (including phenoxy) is 2. The predicted molar refractivity (Wildman–Crippen MR) is 141 cm³/mol. The van der Waals surface area contributed by atoms with Gasteiger partial charge in [0, 0.05) is 13.3 Å². The normalized spacial score (nSPS) is 12.3. The molecule has 0 N–H and O–H groups in total. The van der Waals surface area contributed by atoms with Crippen molar-refractivity contribution >= 4 is 33.3 Å². The molecular weight excluding hydrogens is 496 g/mol. The fourth-order valence-electron chi connectivity index (χ4n) is 4.32. The van der Waals surface area contributed by atoms with Gasteiger partial charge in [-0.1, -0.05) is 22.8 Å². The van der Waals surface area contributed by atoms with E-state index in [9.17, 15) is 0 Å². The zero-order valence-electron chi connectivity index (χ0n) is 21.7. The van der Waals surface area contributed by atoms with Crippen LogP contribution >= 0.6 is 11.6 Å². The van der Waals surface area contributed by atoms with Crippen LogP contribution in [0.2, 0.25) is 0 Å². The summed E-state index contributed by atoms with van der Waals surface area (Å²) in [5.74, 6) is 2.26. The number of methoxy groups -OCH3 is 2. The highest BCUT2D eigenvalue weighted by Crippen LogP contribution is 2.36. The summed E-state index contributed by atoms with van der Waals surface area (Å²) in [5.41, 5.74) is 6.11. The van der Waals surface area contributed by atoms with E-state index in [1.165, 1.54) is 7.11 Å². The van der Waals surface area contributed by atoms with E-state index < -0.39 is 0 Å². The summed E-state index contributed by atoms with van der Waals surface area (Å²) in [6.07, 6.45) is 4.48. The monoisotopic (exact) mass is 524 g/mol. The van der Waals surface area contributed by atoms with Crippen molar-refractivity contribution < 1.29 is 23.3 Å². The van der Waals surface area contributed by atoms with E-state index in [4.69, 9.17) is 34.9 Å². The number of benzene rings is 2. The lowest BCUT2D eigenvalue weighted by Gasteiger charge is -2.16. The van der Waals surface area contributed by atoms with Crippen LogP contribution in [0.4, 0.5) is 0 Å². The van der Waals surface area contributed by atoms with E-state index in [1.54, 1.807) is 21.1 Å². The number of oxime groups is 1. The maximum Gasteiger partial charge on any atom is 0.261 e. The Kier molecular flexibility index (Phi) is 8.13. The fourth-order valence-corrected chi connectivity index (χ4v) is 4.53. The van der Waals surface area contributed by atoms with Gasteiger partial charge in [-0.05, 0) is 83.9 Å². The van der Waals surface area contributed by atoms with Crippen LogP contribution in [-0.2, 0) is 11.3 Å². The Morgan fingerprint density at radius 2 is 1.76 bits per heavy atom. The molecule has 2 aromatic heterocycles. The van der Waals surface area contributed by atoms with E-state index in [0.29, 0.717) is 41.0 Å². The lowest BCUT2D eigenvalue weighted by Crippen LogP contribution is -2.02. The maximum absolute atomic E-state index is 6.47. The van der Waals surface area contributed by atoms with Crippen LogP contribution in [0, 0.1) is 20.8 Å². The Balaban J connectivity index is 1.82. The summed E-state index contributed by atoms with van der Waals surface area (Å²) in [6, 6.07) is 8.12. The molecule has 0 radical (unpaired) electrons. The van der Waals surface area contributed by atoms with Crippen LogP contribution in [0.1, 0.15) is 52.4 Å². The highest BCUT2D eigenvalue weighted by Gasteiger charge is 2.19. The van der Waals surface area contributed by atoms with Gasteiger partial charge >= 0.3 is 0 Å². The molecule has 37 heavy (non-hydrogen) atoms. The first kappa shape index (κ1) is 26.2. The summed E-state index contributed by atoms with van der Waals surface area (Å²) in [7, 11) is 4.63. The van der Waals surface area contributed by atoms with Gasteiger partial charge in [0.15, 0.2) is 10.8 Å². The molecule has 0 aliphatic carbocycles. The Hall–Kier alpha value is -3.85. The summed E-state index contributed by atoms with van der Waals surface area (Å²) in [5, 5.41) is 17.0. The second-order valence-electron chi connectivity index (χ2n) is 8.53. The first-order chi connectivity index (χ1) is 17.9. The number of nitrogens with zero attached hydrogens (tertiary/aromatic N) is 4. The van der Waals surface area contributed by atoms with Crippen molar-refractivity contribution in [3.05, 3.63) is 69.9 Å². The minimum atomic E-state index is 0.197. The van der Waals surface area contributed by atoms with E-state index in [2.05, 4.69) is 38.7 Å². The van der Waals surface area contributed by atoms with Crippen LogP contribution in [0.25, 0.3) is 16.5 Å². The van der Waals surface area contributed by atoms with Gasteiger partial charge in [-0.3, -0.25) is 0 Å². The smallest absolute Gasteiger partial charge is 0.261 e. The molecule has 0 spiro atoms. The van der Waals surface area contributed by atoms with Crippen molar-refractivity contribution in [2.75, 3.05) is 21.3 Å². The molecule has 0 atom stereocenters. The number of unbranched alkanes of at least 4 members (excludes halogenated alkanes) is 1. The molecule has 10 heteroatoms. The number of fused-ring (bicyclic) bond motifs is 1. The first-order valence-corrected chi connectivity index (χ1v) is 12.1. The number of aromatic nitrogens is 3. The molecule has 0 fully saturated rings. The Bertz CT molecular complexity index is 1470. The maximum atomic E-state index is 6.47. The molecule has 0 aliphatic heterocycles. The van der Waals surface area contributed by atoms with Gasteiger partial charge in [0.2, 0.25) is 11.8 Å². The third kappa shape index (κ3) is 5.61. The molecule has 0 bridgehead atoms.